The van der Waals surface area contributed by atoms with Crippen LogP contribution in [-0.4, -0.2) is 16.9 Å². The summed E-state index contributed by atoms with van der Waals surface area (Å²) in [4.78, 5) is 0. The predicted molar refractivity (Wildman–Crippen MR) is 116 cm³/mol. The number of nitrogens with two attached hydrogens (primary N) is 2. The van der Waals surface area contributed by atoms with Gasteiger partial charge in [-0.2, -0.15) is 0 Å². The standard InChI is InChI=1S/C23H50N2O/c1-10-12-14-18(3)16-19(26)17-22(15-13-11-2,20(4,5)6)23(24,25)21(7,8)9/h18-19,26H,10-17,24-25H2,1-9H3. The highest BCUT2D eigenvalue weighted by molar-refractivity contribution is 5.10. The van der Waals surface area contributed by atoms with E-state index in [1.165, 1.54) is 19.3 Å². The molecule has 0 aromatic rings. The van der Waals surface area contributed by atoms with Crippen LogP contribution in [0.4, 0.5) is 0 Å². The van der Waals surface area contributed by atoms with Gasteiger partial charge in [0.2, 0.25) is 0 Å². The Kier molecular flexibility index (Phi) is 9.84. The van der Waals surface area contributed by atoms with Crippen LogP contribution in [0, 0.1) is 22.2 Å². The van der Waals surface area contributed by atoms with Crippen molar-refractivity contribution in [2.75, 3.05) is 0 Å². The van der Waals surface area contributed by atoms with E-state index in [1.807, 2.05) is 0 Å². The lowest BCUT2D eigenvalue weighted by Gasteiger charge is -2.60. The lowest BCUT2D eigenvalue weighted by atomic mass is 9.50. The van der Waals surface area contributed by atoms with E-state index in [9.17, 15) is 5.11 Å². The number of aliphatic hydroxyl groups is 1. The first-order valence-electron chi connectivity index (χ1n) is 10.9. The van der Waals surface area contributed by atoms with Gasteiger partial charge >= 0.3 is 0 Å². The van der Waals surface area contributed by atoms with E-state index in [0.29, 0.717) is 12.3 Å². The molecule has 0 aliphatic rings. The molecule has 26 heavy (non-hydrogen) atoms. The van der Waals surface area contributed by atoms with Crippen molar-refractivity contribution in [1.82, 2.24) is 0 Å². The van der Waals surface area contributed by atoms with Gasteiger partial charge in [0, 0.05) is 5.41 Å². The Labute approximate surface area is 164 Å². The van der Waals surface area contributed by atoms with Crippen molar-refractivity contribution < 1.29 is 5.11 Å². The molecule has 3 nitrogen and oxygen atoms in total. The SMILES string of the molecule is CCCCC(C)CC(O)CC(CCCC)(C(C)(C)C)C(N)(N)C(C)(C)C. The molecule has 0 aliphatic heterocycles. The molecule has 0 aromatic heterocycles. The molecule has 0 bridgehead atoms. The monoisotopic (exact) mass is 370 g/mol. The van der Waals surface area contributed by atoms with E-state index < -0.39 is 5.66 Å². The number of rotatable bonds is 11. The molecule has 0 spiro atoms. The van der Waals surface area contributed by atoms with Crippen molar-refractivity contribution in [3.05, 3.63) is 0 Å². The minimum Gasteiger partial charge on any atom is -0.393 e. The fourth-order valence-corrected chi connectivity index (χ4v) is 4.60. The Hall–Kier alpha value is -0.120. The topological polar surface area (TPSA) is 72.3 Å². The van der Waals surface area contributed by atoms with Crippen molar-refractivity contribution in [3.8, 4) is 0 Å². The van der Waals surface area contributed by atoms with Gasteiger partial charge in [0.1, 0.15) is 0 Å². The van der Waals surface area contributed by atoms with E-state index in [4.69, 9.17) is 11.5 Å². The number of hydrogen-bond donors (Lipinski definition) is 3. The predicted octanol–water partition coefficient (Wildman–Crippen LogP) is 5.84. The molecule has 3 unspecified atom stereocenters. The molecule has 0 radical (unpaired) electrons. The fourth-order valence-electron chi connectivity index (χ4n) is 4.60. The van der Waals surface area contributed by atoms with Crippen LogP contribution < -0.4 is 11.5 Å². The van der Waals surface area contributed by atoms with Crippen LogP contribution in [0.2, 0.25) is 0 Å². The van der Waals surface area contributed by atoms with Crippen LogP contribution in [0.5, 0.6) is 0 Å². The first kappa shape index (κ1) is 25.9. The second kappa shape index (κ2) is 9.89. The van der Waals surface area contributed by atoms with Gasteiger partial charge in [0.25, 0.3) is 0 Å². The smallest absolute Gasteiger partial charge is 0.0750 e. The quantitative estimate of drug-likeness (QED) is 0.400. The zero-order chi connectivity index (χ0) is 20.8. The van der Waals surface area contributed by atoms with Crippen LogP contribution >= 0.6 is 0 Å². The van der Waals surface area contributed by atoms with E-state index in [1.54, 1.807) is 0 Å². The van der Waals surface area contributed by atoms with Crippen LogP contribution in [0.3, 0.4) is 0 Å². The third kappa shape index (κ3) is 6.21. The molecule has 0 saturated carbocycles. The molecule has 5 N–H and O–H groups in total. The Morgan fingerprint density at radius 1 is 0.846 bits per heavy atom. The molecule has 0 heterocycles. The zero-order valence-electron chi connectivity index (χ0n) is 19.4. The van der Waals surface area contributed by atoms with E-state index in [0.717, 1.165) is 25.7 Å². The summed E-state index contributed by atoms with van der Waals surface area (Å²) in [6, 6.07) is 0. The molecule has 0 rings (SSSR count). The third-order valence-corrected chi connectivity index (χ3v) is 6.73. The van der Waals surface area contributed by atoms with Crippen molar-refractivity contribution >= 4 is 0 Å². The van der Waals surface area contributed by atoms with Crippen LogP contribution in [0.15, 0.2) is 0 Å². The van der Waals surface area contributed by atoms with E-state index in [2.05, 4.69) is 62.3 Å². The maximum Gasteiger partial charge on any atom is 0.0750 e. The maximum absolute atomic E-state index is 11.0. The van der Waals surface area contributed by atoms with Gasteiger partial charge < -0.3 is 16.6 Å². The van der Waals surface area contributed by atoms with Crippen molar-refractivity contribution in [2.45, 2.75) is 125 Å². The van der Waals surface area contributed by atoms with Gasteiger partial charge in [-0.05, 0) is 36.0 Å². The summed E-state index contributed by atoms with van der Waals surface area (Å²) < 4.78 is 0. The molecule has 3 heteroatoms. The second-order valence-electron chi connectivity index (χ2n) is 10.9. The Bertz CT molecular complexity index is 392. The molecule has 0 aromatic carbocycles. The van der Waals surface area contributed by atoms with Gasteiger partial charge in [0.05, 0.1) is 11.8 Å². The summed E-state index contributed by atoms with van der Waals surface area (Å²) in [6.45, 7) is 19.8. The lowest BCUT2D eigenvalue weighted by molar-refractivity contribution is -0.100. The minimum absolute atomic E-state index is 0.0907. The number of unbranched alkanes of at least 4 members (excludes halogenated alkanes) is 2. The van der Waals surface area contributed by atoms with E-state index in [-0.39, 0.29) is 22.3 Å². The molecule has 0 saturated heterocycles. The van der Waals surface area contributed by atoms with Crippen LogP contribution in [-0.2, 0) is 0 Å². The highest BCUT2D eigenvalue weighted by atomic mass is 16.3. The lowest BCUT2D eigenvalue weighted by Crippen LogP contribution is -2.73. The summed E-state index contributed by atoms with van der Waals surface area (Å²) in [7, 11) is 0. The highest BCUT2D eigenvalue weighted by Crippen LogP contribution is 2.56. The second-order valence-corrected chi connectivity index (χ2v) is 10.9. The summed E-state index contributed by atoms with van der Waals surface area (Å²) in [5.74, 6) is 0.536. The first-order valence-corrected chi connectivity index (χ1v) is 10.9. The number of aliphatic hydroxyl groups excluding tert-OH is 1. The largest absolute Gasteiger partial charge is 0.393 e. The van der Waals surface area contributed by atoms with E-state index >= 15 is 0 Å². The summed E-state index contributed by atoms with van der Waals surface area (Å²) >= 11 is 0. The van der Waals surface area contributed by atoms with Gasteiger partial charge in [-0.25, -0.2) is 0 Å². The van der Waals surface area contributed by atoms with Crippen molar-refractivity contribution in [2.24, 2.45) is 33.6 Å². The highest BCUT2D eigenvalue weighted by Gasteiger charge is 2.58. The Morgan fingerprint density at radius 2 is 1.35 bits per heavy atom. The molecule has 0 amide bonds. The molecular weight excluding hydrogens is 320 g/mol. The molecule has 0 aliphatic carbocycles. The summed E-state index contributed by atoms with van der Waals surface area (Å²) in [6.07, 6.45) is 7.93. The third-order valence-electron chi connectivity index (χ3n) is 6.73. The summed E-state index contributed by atoms with van der Waals surface area (Å²) in [5.41, 5.74) is 12.3. The maximum atomic E-state index is 11.0. The fraction of sp³-hybridized carbons (Fsp3) is 1.00. The molecular formula is C23H50N2O. The van der Waals surface area contributed by atoms with Crippen LogP contribution in [0.25, 0.3) is 0 Å². The number of hydrogen-bond acceptors (Lipinski definition) is 3. The average Bonchev–Trinajstić information content (AvgIpc) is 2.46. The summed E-state index contributed by atoms with van der Waals surface area (Å²) in [5, 5.41) is 11.0. The van der Waals surface area contributed by atoms with Crippen molar-refractivity contribution in [1.29, 1.82) is 0 Å². The molecule has 3 atom stereocenters. The van der Waals surface area contributed by atoms with Gasteiger partial charge in [0.15, 0.2) is 0 Å². The van der Waals surface area contributed by atoms with Gasteiger partial charge in [-0.3, -0.25) is 0 Å². The molecule has 158 valence electrons. The molecule has 0 fully saturated rings. The zero-order valence-corrected chi connectivity index (χ0v) is 19.4. The van der Waals surface area contributed by atoms with Gasteiger partial charge in [-0.1, -0.05) is 94.4 Å². The normalized spacial score (nSPS) is 18.5. The Balaban J connectivity index is 5.77. The minimum atomic E-state index is -0.860. The first-order chi connectivity index (χ1) is 11.7. The van der Waals surface area contributed by atoms with Crippen molar-refractivity contribution in [3.63, 3.8) is 0 Å². The Morgan fingerprint density at radius 3 is 1.73 bits per heavy atom. The average molecular weight is 371 g/mol. The van der Waals surface area contributed by atoms with Crippen LogP contribution in [0.1, 0.15) is 114 Å². The van der Waals surface area contributed by atoms with Gasteiger partial charge in [-0.15, -0.1) is 0 Å².